The molecule has 112 valence electrons. The van der Waals surface area contributed by atoms with E-state index in [9.17, 15) is 4.79 Å². The molecule has 2 heterocycles. The van der Waals surface area contributed by atoms with E-state index in [1.165, 1.54) is 12.6 Å². The van der Waals surface area contributed by atoms with Gasteiger partial charge in [0, 0.05) is 0 Å². The molecule has 2 aromatic heterocycles. The highest BCUT2D eigenvalue weighted by molar-refractivity contribution is 5.90. The minimum absolute atomic E-state index is 0.155. The maximum Gasteiger partial charge on any atom is 0.289 e. The zero-order valence-electron chi connectivity index (χ0n) is 11.8. The van der Waals surface area contributed by atoms with Gasteiger partial charge in [-0.1, -0.05) is 5.21 Å². The van der Waals surface area contributed by atoms with Crippen LogP contribution >= 0.6 is 0 Å². The SMILES string of the molecule is COc1ccc(-n2cc(CNC(=O)c3cnco3)nn2)cc1. The number of benzene rings is 1. The van der Waals surface area contributed by atoms with Gasteiger partial charge in [-0.2, -0.15) is 0 Å². The van der Waals surface area contributed by atoms with Crippen molar-refractivity contribution in [3.05, 3.63) is 54.5 Å². The topological polar surface area (TPSA) is 95.1 Å². The van der Waals surface area contributed by atoms with E-state index in [2.05, 4.69) is 20.6 Å². The lowest BCUT2D eigenvalue weighted by atomic mass is 10.3. The van der Waals surface area contributed by atoms with Crippen LogP contribution in [-0.2, 0) is 6.54 Å². The van der Waals surface area contributed by atoms with Gasteiger partial charge in [0.2, 0.25) is 5.76 Å². The van der Waals surface area contributed by atoms with Crippen LogP contribution in [0.5, 0.6) is 5.75 Å². The quantitative estimate of drug-likeness (QED) is 0.760. The van der Waals surface area contributed by atoms with Crippen molar-refractivity contribution in [3.63, 3.8) is 0 Å². The summed E-state index contributed by atoms with van der Waals surface area (Å²) in [5, 5.41) is 10.7. The summed E-state index contributed by atoms with van der Waals surface area (Å²) < 4.78 is 11.6. The van der Waals surface area contributed by atoms with E-state index in [4.69, 9.17) is 9.15 Å². The smallest absolute Gasteiger partial charge is 0.289 e. The van der Waals surface area contributed by atoms with E-state index in [1.54, 1.807) is 18.0 Å². The van der Waals surface area contributed by atoms with Crippen LogP contribution in [-0.4, -0.2) is 33.0 Å². The van der Waals surface area contributed by atoms with Crippen LogP contribution in [0.4, 0.5) is 0 Å². The molecule has 8 nitrogen and oxygen atoms in total. The summed E-state index contributed by atoms with van der Waals surface area (Å²) in [7, 11) is 1.61. The molecule has 0 unspecified atom stereocenters. The second-order valence-corrected chi connectivity index (χ2v) is 4.40. The molecule has 0 aliphatic rings. The molecule has 0 aliphatic carbocycles. The second-order valence-electron chi connectivity index (χ2n) is 4.40. The monoisotopic (exact) mass is 299 g/mol. The zero-order valence-corrected chi connectivity index (χ0v) is 11.8. The summed E-state index contributed by atoms with van der Waals surface area (Å²) in [5.74, 6) is 0.572. The fraction of sp³-hybridized carbons (Fsp3) is 0.143. The number of oxazole rings is 1. The van der Waals surface area contributed by atoms with E-state index < -0.39 is 0 Å². The number of nitrogens with one attached hydrogen (secondary N) is 1. The van der Waals surface area contributed by atoms with Crippen molar-refractivity contribution >= 4 is 5.91 Å². The Balaban J connectivity index is 1.64. The zero-order chi connectivity index (χ0) is 15.4. The minimum Gasteiger partial charge on any atom is -0.497 e. The number of ether oxygens (including phenoxy) is 1. The fourth-order valence-electron chi connectivity index (χ4n) is 1.83. The number of nitrogens with zero attached hydrogens (tertiary/aromatic N) is 4. The average Bonchev–Trinajstić information content (AvgIpc) is 3.24. The Morgan fingerprint density at radius 1 is 1.36 bits per heavy atom. The Morgan fingerprint density at radius 3 is 2.86 bits per heavy atom. The molecule has 0 spiro atoms. The van der Waals surface area contributed by atoms with Crippen molar-refractivity contribution in [2.24, 2.45) is 0 Å². The van der Waals surface area contributed by atoms with Crippen LogP contribution in [0.2, 0.25) is 0 Å². The highest BCUT2D eigenvalue weighted by atomic mass is 16.5. The number of methoxy groups -OCH3 is 1. The highest BCUT2D eigenvalue weighted by Gasteiger charge is 2.10. The van der Waals surface area contributed by atoms with Crippen molar-refractivity contribution in [3.8, 4) is 11.4 Å². The molecule has 0 atom stereocenters. The number of hydrogen-bond acceptors (Lipinski definition) is 6. The number of rotatable bonds is 5. The third-order valence-electron chi connectivity index (χ3n) is 2.96. The van der Waals surface area contributed by atoms with E-state index in [0.717, 1.165) is 11.4 Å². The normalized spacial score (nSPS) is 10.4. The molecule has 0 radical (unpaired) electrons. The third-order valence-corrected chi connectivity index (χ3v) is 2.96. The third kappa shape index (κ3) is 2.95. The molecule has 0 aliphatic heterocycles. The average molecular weight is 299 g/mol. The molecule has 0 saturated carbocycles. The van der Waals surface area contributed by atoms with Crippen molar-refractivity contribution in [1.82, 2.24) is 25.3 Å². The number of carbonyl (C=O) groups excluding carboxylic acids is 1. The first-order valence-corrected chi connectivity index (χ1v) is 6.48. The van der Waals surface area contributed by atoms with Crippen LogP contribution in [0.1, 0.15) is 16.2 Å². The van der Waals surface area contributed by atoms with Gasteiger partial charge in [-0.3, -0.25) is 4.79 Å². The van der Waals surface area contributed by atoms with Crippen molar-refractivity contribution in [1.29, 1.82) is 0 Å². The molecule has 1 N–H and O–H groups in total. The summed E-state index contributed by atoms with van der Waals surface area (Å²) in [6.45, 7) is 0.246. The lowest BCUT2D eigenvalue weighted by molar-refractivity contribution is 0.0922. The molecule has 8 heteroatoms. The molecule has 0 bridgehead atoms. The van der Waals surface area contributed by atoms with Gasteiger partial charge in [0.15, 0.2) is 6.39 Å². The highest BCUT2D eigenvalue weighted by Crippen LogP contribution is 2.14. The van der Waals surface area contributed by atoms with Crippen molar-refractivity contribution in [2.75, 3.05) is 7.11 Å². The predicted molar refractivity (Wildman–Crippen MR) is 75.6 cm³/mol. The first-order valence-electron chi connectivity index (χ1n) is 6.48. The Kier molecular flexibility index (Phi) is 3.82. The van der Waals surface area contributed by atoms with Gasteiger partial charge in [0.1, 0.15) is 11.4 Å². The molecule has 1 amide bonds. The maximum atomic E-state index is 11.7. The largest absolute Gasteiger partial charge is 0.497 e. The number of aromatic nitrogens is 4. The van der Waals surface area contributed by atoms with Gasteiger partial charge in [-0.05, 0) is 24.3 Å². The van der Waals surface area contributed by atoms with Gasteiger partial charge >= 0.3 is 0 Å². The summed E-state index contributed by atoms with van der Waals surface area (Å²) in [6, 6.07) is 7.40. The first-order chi connectivity index (χ1) is 10.8. The van der Waals surface area contributed by atoms with Gasteiger partial charge in [-0.15, -0.1) is 5.10 Å². The Labute approximate surface area is 125 Å². The second kappa shape index (κ2) is 6.08. The molecule has 3 rings (SSSR count). The van der Waals surface area contributed by atoms with Gasteiger partial charge < -0.3 is 14.5 Å². The Morgan fingerprint density at radius 2 is 2.18 bits per heavy atom. The minimum atomic E-state index is -0.350. The molecule has 22 heavy (non-hydrogen) atoms. The van der Waals surface area contributed by atoms with E-state index in [1.807, 2.05) is 24.3 Å². The molecular weight excluding hydrogens is 286 g/mol. The summed E-state index contributed by atoms with van der Waals surface area (Å²) in [6.07, 6.45) is 4.29. The maximum absolute atomic E-state index is 11.7. The number of carbonyl (C=O) groups is 1. The molecule has 0 fully saturated rings. The molecule has 1 aromatic carbocycles. The number of hydrogen-bond donors (Lipinski definition) is 1. The van der Waals surface area contributed by atoms with Crippen molar-refractivity contribution < 1.29 is 13.9 Å². The van der Waals surface area contributed by atoms with Crippen LogP contribution in [0.15, 0.2) is 47.5 Å². The Bertz CT molecular complexity index is 749. The molecule has 0 saturated heterocycles. The standard InChI is InChI=1S/C14H13N5O3/c1-21-12-4-2-11(3-5-12)19-8-10(17-18-19)6-16-14(20)13-7-15-9-22-13/h2-5,7-9H,6H2,1H3,(H,16,20). The molecule has 3 aromatic rings. The molecular formula is C14H13N5O3. The van der Waals surface area contributed by atoms with E-state index in [0.29, 0.717) is 5.69 Å². The lowest BCUT2D eigenvalue weighted by Gasteiger charge is -2.02. The van der Waals surface area contributed by atoms with Gasteiger partial charge in [-0.25, -0.2) is 9.67 Å². The first kappa shape index (κ1) is 13.8. The van der Waals surface area contributed by atoms with E-state index >= 15 is 0 Å². The summed E-state index contributed by atoms with van der Waals surface area (Å²) >= 11 is 0. The van der Waals surface area contributed by atoms with Gasteiger partial charge in [0.05, 0.1) is 31.7 Å². The fourth-order valence-corrected chi connectivity index (χ4v) is 1.83. The van der Waals surface area contributed by atoms with Gasteiger partial charge in [0.25, 0.3) is 5.91 Å². The Hall–Kier alpha value is -3.16. The van der Waals surface area contributed by atoms with Crippen LogP contribution in [0.25, 0.3) is 5.69 Å². The summed E-state index contributed by atoms with van der Waals surface area (Å²) in [5.41, 5.74) is 1.48. The van der Waals surface area contributed by atoms with Crippen LogP contribution < -0.4 is 10.1 Å². The van der Waals surface area contributed by atoms with E-state index in [-0.39, 0.29) is 18.2 Å². The van der Waals surface area contributed by atoms with Crippen molar-refractivity contribution in [2.45, 2.75) is 6.54 Å². The number of amides is 1. The summed E-state index contributed by atoms with van der Waals surface area (Å²) in [4.78, 5) is 15.4. The van der Waals surface area contributed by atoms with Crippen LogP contribution in [0.3, 0.4) is 0 Å². The predicted octanol–water partition coefficient (Wildman–Crippen LogP) is 1.19. The van der Waals surface area contributed by atoms with Crippen LogP contribution in [0, 0.1) is 0 Å². The lowest BCUT2D eigenvalue weighted by Crippen LogP contribution is -2.22.